The van der Waals surface area contributed by atoms with Crippen molar-refractivity contribution in [1.29, 1.82) is 0 Å². The van der Waals surface area contributed by atoms with Crippen molar-refractivity contribution in [2.24, 2.45) is 0 Å². The maximum atomic E-state index is 5.77. The van der Waals surface area contributed by atoms with Crippen LogP contribution < -0.4 is 9.64 Å². The van der Waals surface area contributed by atoms with Crippen LogP contribution in [0, 0.1) is 0 Å². The molecule has 0 aliphatic carbocycles. The first-order valence-corrected chi connectivity index (χ1v) is 13.3. The molecular weight excluding hydrogens is 484 g/mol. The summed E-state index contributed by atoms with van der Waals surface area (Å²) in [4.78, 5) is 7.51. The van der Waals surface area contributed by atoms with E-state index >= 15 is 0 Å². The monoisotopic (exact) mass is 510 g/mol. The van der Waals surface area contributed by atoms with Gasteiger partial charge in [0.1, 0.15) is 21.5 Å². The lowest BCUT2D eigenvalue weighted by molar-refractivity contribution is 0.416. The van der Waals surface area contributed by atoms with Crippen LogP contribution in [0.4, 0.5) is 16.4 Å². The Labute approximate surface area is 227 Å². The van der Waals surface area contributed by atoms with Crippen molar-refractivity contribution in [3.05, 3.63) is 140 Å². The lowest BCUT2D eigenvalue weighted by Gasteiger charge is -2.24. The van der Waals surface area contributed by atoms with Gasteiger partial charge in [0, 0.05) is 22.5 Å². The maximum absolute atomic E-state index is 5.77. The van der Waals surface area contributed by atoms with Crippen molar-refractivity contribution >= 4 is 27.7 Å². The van der Waals surface area contributed by atoms with Gasteiger partial charge in [0.2, 0.25) is 0 Å². The first-order chi connectivity index (χ1) is 18.8. The lowest BCUT2D eigenvalue weighted by atomic mass is 10.0. The third-order valence-corrected chi connectivity index (χ3v) is 7.53. The third-order valence-electron chi connectivity index (χ3n) is 6.44. The average molecular weight is 511 g/mol. The predicted octanol–water partition coefficient (Wildman–Crippen LogP) is 9.62. The summed E-state index contributed by atoms with van der Waals surface area (Å²) in [7, 11) is 1.71. The SMILES string of the molecule is COc1ccccc1-c1nc(-c2ccc(-c3ccccc3)cc2)sc1N(c1ccccc1)c1ccccc1. The van der Waals surface area contributed by atoms with Gasteiger partial charge in [-0.1, -0.05) is 114 Å². The zero-order valence-electron chi connectivity index (χ0n) is 21.0. The fourth-order valence-corrected chi connectivity index (χ4v) is 5.70. The molecule has 0 saturated heterocycles. The Hall–Kier alpha value is -4.67. The van der Waals surface area contributed by atoms with E-state index < -0.39 is 0 Å². The van der Waals surface area contributed by atoms with Gasteiger partial charge in [-0.3, -0.25) is 0 Å². The molecule has 38 heavy (non-hydrogen) atoms. The molecule has 0 aliphatic heterocycles. The molecule has 1 heterocycles. The highest BCUT2D eigenvalue weighted by atomic mass is 32.1. The molecule has 0 N–H and O–H groups in total. The van der Waals surface area contributed by atoms with E-state index in [9.17, 15) is 0 Å². The number of benzene rings is 5. The summed E-state index contributed by atoms with van der Waals surface area (Å²) in [5, 5.41) is 1.99. The average Bonchev–Trinajstić information content (AvgIpc) is 3.43. The standard InChI is InChI=1S/C34H26N2OS/c1-37-31-20-12-11-19-30(31)32-34(36(28-15-7-3-8-16-28)29-17-9-4-10-18-29)38-33(35-32)27-23-21-26(22-24-27)25-13-5-2-6-14-25/h2-24H,1H3. The van der Waals surface area contributed by atoms with Crippen molar-refractivity contribution in [1.82, 2.24) is 4.98 Å². The molecule has 3 nitrogen and oxygen atoms in total. The largest absolute Gasteiger partial charge is 0.496 e. The number of thiazole rings is 1. The fraction of sp³-hybridized carbons (Fsp3) is 0.0294. The van der Waals surface area contributed by atoms with E-state index in [1.165, 1.54) is 11.1 Å². The second kappa shape index (κ2) is 10.8. The van der Waals surface area contributed by atoms with Crippen LogP contribution in [0.5, 0.6) is 5.75 Å². The molecule has 1 aromatic heterocycles. The van der Waals surface area contributed by atoms with Gasteiger partial charge in [-0.05, 0) is 47.5 Å². The molecule has 0 radical (unpaired) electrons. The molecular formula is C34H26N2OS. The van der Waals surface area contributed by atoms with E-state index in [2.05, 4.69) is 108 Å². The number of ether oxygens (including phenoxy) is 1. The third kappa shape index (κ3) is 4.70. The van der Waals surface area contributed by atoms with Crippen LogP contribution in [-0.4, -0.2) is 12.1 Å². The highest BCUT2D eigenvalue weighted by molar-refractivity contribution is 7.19. The Bertz CT molecular complexity index is 1590. The second-order valence-corrected chi connectivity index (χ2v) is 9.80. The summed E-state index contributed by atoms with van der Waals surface area (Å²) in [5.74, 6) is 0.797. The number of hydrogen-bond donors (Lipinski definition) is 0. The molecule has 0 bridgehead atoms. The smallest absolute Gasteiger partial charge is 0.129 e. The van der Waals surface area contributed by atoms with Gasteiger partial charge >= 0.3 is 0 Å². The molecule has 0 aliphatic rings. The van der Waals surface area contributed by atoms with E-state index in [4.69, 9.17) is 9.72 Å². The molecule has 0 amide bonds. The van der Waals surface area contributed by atoms with Crippen LogP contribution in [0.25, 0.3) is 33.0 Å². The number of rotatable bonds is 7. The van der Waals surface area contributed by atoms with E-state index in [1.54, 1.807) is 18.4 Å². The van der Waals surface area contributed by atoms with Gasteiger partial charge in [-0.2, -0.15) is 0 Å². The van der Waals surface area contributed by atoms with Crippen molar-refractivity contribution in [2.45, 2.75) is 0 Å². The Morgan fingerprint density at radius 1 is 0.553 bits per heavy atom. The van der Waals surface area contributed by atoms with Crippen LogP contribution in [0.1, 0.15) is 0 Å². The number of para-hydroxylation sites is 3. The van der Waals surface area contributed by atoms with Gasteiger partial charge in [0.15, 0.2) is 0 Å². The van der Waals surface area contributed by atoms with Crippen LogP contribution in [0.3, 0.4) is 0 Å². The fourth-order valence-electron chi connectivity index (χ4n) is 4.58. The minimum absolute atomic E-state index is 0.797. The second-order valence-electron chi connectivity index (χ2n) is 8.82. The van der Waals surface area contributed by atoms with Crippen LogP contribution in [0.15, 0.2) is 140 Å². The first kappa shape index (κ1) is 23.7. The molecule has 6 rings (SSSR count). The number of nitrogens with zero attached hydrogens (tertiary/aromatic N) is 2. The number of methoxy groups -OCH3 is 1. The minimum Gasteiger partial charge on any atom is -0.496 e. The zero-order chi connectivity index (χ0) is 25.7. The molecule has 6 aromatic rings. The van der Waals surface area contributed by atoms with Crippen LogP contribution in [-0.2, 0) is 0 Å². The molecule has 0 unspecified atom stereocenters. The summed E-state index contributed by atoms with van der Waals surface area (Å²) in [6.45, 7) is 0. The summed E-state index contributed by atoms with van der Waals surface area (Å²) in [6.07, 6.45) is 0. The Kier molecular flexibility index (Phi) is 6.71. The first-order valence-electron chi connectivity index (χ1n) is 12.5. The highest BCUT2D eigenvalue weighted by Gasteiger charge is 2.24. The zero-order valence-corrected chi connectivity index (χ0v) is 21.8. The number of anilines is 3. The molecule has 4 heteroatoms. The van der Waals surface area contributed by atoms with E-state index in [0.29, 0.717) is 0 Å². The minimum atomic E-state index is 0.797. The molecule has 0 saturated carbocycles. The van der Waals surface area contributed by atoms with E-state index in [0.717, 1.165) is 44.0 Å². The van der Waals surface area contributed by atoms with E-state index in [-0.39, 0.29) is 0 Å². The Balaban J connectivity index is 1.53. The molecule has 0 atom stereocenters. The van der Waals surface area contributed by atoms with Crippen LogP contribution in [0.2, 0.25) is 0 Å². The van der Waals surface area contributed by atoms with Gasteiger partial charge in [-0.25, -0.2) is 4.98 Å². The number of hydrogen-bond acceptors (Lipinski definition) is 4. The molecule has 0 fully saturated rings. The summed E-state index contributed by atoms with van der Waals surface area (Å²) in [5.41, 5.74) is 7.47. The molecule has 184 valence electrons. The topological polar surface area (TPSA) is 25.4 Å². The van der Waals surface area contributed by atoms with E-state index in [1.807, 2.05) is 36.4 Å². The van der Waals surface area contributed by atoms with Crippen molar-refractivity contribution in [2.75, 3.05) is 12.0 Å². The van der Waals surface area contributed by atoms with Gasteiger partial charge in [0.05, 0.1) is 7.11 Å². The van der Waals surface area contributed by atoms with Crippen molar-refractivity contribution in [3.63, 3.8) is 0 Å². The summed E-state index contributed by atoms with van der Waals surface area (Å²) in [6, 6.07) is 48.1. The summed E-state index contributed by atoms with van der Waals surface area (Å²) >= 11 is 1.69. The normalized spacial score (nSPS) is 10.8. The quantitative estimate of drug-likeness (QED) is 0.214. The predicted molar refractivity (Wildman–Crippen MR) is 160 cm³/mol. The lowest BCUT2D eigenvalue weighted by Crippen LogP contribution is -2.09. The van der Waals surface area contributed by atoms with Gasteiger partial charge in [-0.15, -0.1) is 0 Å². The Morgan fingerprint density at radius 3 is 1.66 bits per heavy atom. The van der Waals surface area contributed by atoms with Gasteiger partial charge < -0.3 is 9.64 Å². The molecule has 5 aromatic carbocycles. The summed E-state index contributed by atoms with van der Waals surface area (Å²) < 4.78 is 5.77. The number of aromatic nitrogens is 1. The Morgan fingerprint density at radius 2 is 1.05 bits per heavy atom. The highest BCUT2D eigenvalue weighted by Crippen LogP contribution is 2.48. The van der Waals surface area contributed by atoms with Crippen molar-refractivity contribution < 1.29 is 4.74 Å². The van der Waals surface area contributed by atoms with Gasteiger partial charge in [0.25, 0.3) is 0 Å². The van der Waals surface area contributed by atoms with Crippen LogP contribution >= 0.6 is 11.3 Å². The van der Waals surface area contributed by atoms with Crippen molar-refractivity contribution in [3.8, 4) is 38.7 Å². The maximum Gasteiger partial charge on any atom is 0.129 e. The molecule has 0 spiro atoms.